The van der Waals surface area contributed by atoms with Crippen LogP contribution in [0, 0.1) is 0 Å². The standard InChI is InChI=1S/C26H26N4O4S/c1-17(25(31)27-22-16-21(33-3)13-14-23(22)34-4)35-26-29-28-24(18-9-8-12-20(15-18)32-2)30(26)19-10-6-5-7-11-19/h5-17H,1-4H3,(H,27,31). The molecule has 0 saturated carbocycles. The number of benzene rings is 3. The summed E-state index contributed by atoms with van der Waals surface area (Å²) in [4.78, 5) is 13.1. The number of carbonyl (C=O) groups excluding carboxylic acids is 1. The van der Waals surface area contributed by atoms with Crippen LogP contribution >= 0.6 is 11.8 Å². The van der Waals surface area contributed by atoms with Crippen LogP contribution in [0.25, 0.3) is 17.1 Å². The van der Waals surface area contributed by atoms with Crippen LogP contribution in [0.2, 0.25) is 0 Å². The second-order valence-corrected chi connectivity index (χ2v) is 8.83. The Morgan fingerprint density at radius 3 is 2.34 bits per heavy atom. The van der Waals surface area contributed by atoms with Crippen molar-refractivity contribution in [2.45, 2.75) is 17.3 Å². The molecule has 0 bridgehead atoms. The minimum atomic E-state index is -0.476. The lowest BCUT2D eigenvalue weighted by Crippen LogP contribution is -2.23. The second-order valence-electron chi connectivity index (χ2n) is 7.52. The van der Waals surface area contributed by atoms with Gasteiger partial charge in [-0.15, -0.1) is 10.2 Å². The van der Waals surface area contributed by atoms with Crippen LogP contribution < -0.4 is 19.5 Å². The smallest absolute Gasteiger partial charge is 0.237 e. The van der Waals surface area contributed by atoms with E-state index in [-0.39, 0.29) is 5.91 Å². The summed E-state index contributed by atoms with van der Waals surface area (Å²) in [5.74, 6) is 2.34. The Morgan fingerprint density at radius 1 is 0.886 bits per heavy atom. The summed E-state index contributed by atoms with van der Waals surface area (Å²) in [5, 5.41) is 11.9. The Bertz CT molecular complexity index is 1310. The molecular weight excluding hydrogens is 464 g/mol. The van der Waals surface area contributed by atoms with E-state index in [1.54, 1.807) is 39.5 Å². The van der Waals surface area contributed by atoms with Crippen molar-refractivity contribution in [1.29, 1.82) is 0 Å². The summed E-state index contributed by atoms with van der Waals surface area (Å²) >= 11 is 1.32. The average Bonchev–Trinajstić information content (AvgIpc) is 3.32. The maximum atomic E-state index is 13.1. The number of methoxy groups -OCH3 is 3. The van der Waals surface area contributed by atoms with Crippen molar-refractivity contribution in [3.63, 3.8) is 0 Å². The Hall–Kier alpha value is -3.98. The third-order valence-electron chi connectivity index (χ3n) is 5.29. The van der Waals surface area contributed by atoms with Crippen LogP contribution in [0.3, 0.4) is 0 Å². The van der Waals surface area contributed by atoms with Gasteiger partial charge in [-0.1, -0.05) is 42.1 Å². The summed E-state index contributed by atoms with van der Waals surface area (Å²) in [7, 11) is 4.75. The lowest BCUT2D eigenvalue weighted by atomic mass is 10.2. The molecule has 0 aliphatic carbocycles. The first-order valence-corrected chi connectivity index (χ1v) is 11.8. The molecule has 0 saturated heterocycles. The zero-order valence-electron chi connectivity index (χ0n) is 19.9. The van der Waals surface area contributed by atoms with E-state index in [0.29, 0.717) is 28.2 Å². The highest BCUT2D eigenvalue weighted by molar-refractivity contribution is 8.00. The molecule has 1 aromatic heterocycles. The lowest BCUT2D eigenvalue weighted by Gasteiger charge is -2.16. The molecule has 9 heteroatoms. The molecule has 0 aliphatic heterocycles. The molecule has 1 atom stereocenters. The highest BCUT2D eigenvalue weighted by Crippen LogP contribution is 2.33. The molecule has 1 heterocycles. The number of ether oxygens (including phenoxy) is 3. The van der Waals surface area contributed by atoms with Crippen molar-refractivity contribution in [3.05, 3.63) is 72.8 Å². The quantitative estimate of drug-likeness (QED) is 0.327. The number of hydrogen-bond acceptors (Lipinski definition) is 7. The third kappa shape index (κ3) is 5.41. The highest BCUT2D eigenvalue weighted by atomic mass is 32.2. The molecule has 0 radical (unpaired) electrons. The maximum Gasteiger partial charge on any atom is 0.237 e. The number of thioether (sulfide) groups is 1. The Kier molecular flexibility index (Phi) is 7.57. The predicted molar refractivity (Wildman–Crippen MR) is 137 cm³/mol. The Morgan fingerprint density at radius 2 is 1.63 bits per heavy atom. The summed E-state index contributed by atoms with van der Waals surface area (Å²) < 4.78 is 18.0. The van der Waals surface area contributed by atoms with E-state index in [1.807, 2.05) is 66.1 Å². The summed E-state index contributed by atoms with van der Waals surface area (Å²) in [5.41, 5.74) is 2.27. The first-order chi connectivity index (χ1) is 17.0. The van der Waals surface area contributed by atoms with Gasteiger partial charge >= 0.3 is 0 Å². The van der Waals surface area contributed by atoms with Crippen LogP contribution in [-0.2, 0) is 4.79 Å². The zero-order chi connectivity index (χ0) is 24.8. The van der Waals surface area contributed by atoms with E-state index >= 15 is 0 Å². The number of nitrogens with one attached hydrogen (secondary N) is 1. The van der Waals surface area contributed by atoms with E-state index in [1.165, 1.54) is 11.8 Å². The van der Waals surface area contributed by atoms with Crippen molar-refractivity contribution >= 4 is 23.4 Å². The van der Waals surface area contributed by atoms with Gasteiger partial charge in [0.25, 0.3) is 0 Å². The highest BCUT2D eigenvalue weighted by Gasteiger charge is 2.23. The molecule has 3 aromatic carbocycles. The molecule has 1 N–H and O–H groups in total. The van der Waals surface area contributed by atoms with Crippen LogP contribution in [0.5, 0.6) is 17.2 Å². The largest absolute Gasteiger partial charge is 0.497 e. The minimum absolute atomic E-state index is 0.202. The molecule has 1 amide bonds. The SMILES string of the molecule is COc1cccc(-c2nnc(SC(C)C(=O)Nc3cc(OC)ccc3OC)n2-c2ccccc2)c1. The topological polar surface area (TPSA) is 87.5 Å². The van der Waals surface area contributed by atoms with Crippen LogP contribution in [0.1, 0.15) is 6.92 Å². The van der Waals surface area contributed by atoms with E-state index in [0.717, 1.165) is 17.0 Å². The van der Waals surface area contributed by atoms with Gasteiger partial charge in [-0.2, -0.15) is 0 Å². The van der Waals surface area contributed by atoms with Crippen LogP contribution in [0.15, 0.2) is 78.0 Å². The van der Waals surface area contributed by atoms with Gasteiger partial charge in [0.1, 0.15) is 17.2 Å². The zero-order valence-corrected chi connectivity index (χ0v) is 20.7. The average molecular weight is 491 g/mol. The van der Waals surface area contributed by atoms with Gasteiger partial charge in [0.15, 0.2) is 11.0 Å². The molecule has 35 heavy (non-hydrogen) atoms. The fraction of sp³-hybridized carbons (Fsp3) is 0.192. The van der Waals surface area contributed by atoms with Gasteiger partial charge in [0, 0.05) is 17.3 Å². The van der Waals surface area contributed by atoms with Crippen molar-refractivity contribution in [3.8, 4) is 34.3 Å². The van der Waals surface area contributed by atoms with Crippen LogP contribution in [-0.4, -0.2) is 47.3 Å². The number of amides is 1. The molecule has 0 spiro atoms. The van der Waals surface area contributed by atoms with Gasteiger partial charge in [-0.05, 0) is 43.3 Å². The van der Waals surface area contributed by atoms with Gasteiger partial charge in [-0.25, -0.2) is 0 Å². The third-order valence-corrected chi connectivity index (χ3v) is 6.33. The van der Waals surface area contributed by atoms with Gasteiger partial charge in [-0.3, -0.25) is 9.36 Å². The molecule has 4 rings (SSSR count). The van der Waals surface area contributed by atoms with Gasteiger partial charge < -0.3 is 19.5 Å². The van der Waals surface area contributed by atoms with Crippen molar-refractivity contribution in [2.24, 2.45) is 0 Å². The molecule has 180 valence electrons. The van der Waals surface area contributed by atoms with E-state index in [4.69, 9.17) is 14.2 Å². The van der Waals surface area contributed by atoms with Crippen molar-refractivity contribution < 1.29 is 19.0 Å². The van der Waals surface area contributed by atoms with E-state index < -0.39 is 5.25 Å². The maximum absolute atomic E-state index is 13.1. The number of para-hydroxylation sites is 1. The number of hydrogen-bond donors (Lipinski definition) is 1. The first kappa shape index (κ1) is 24.2. The molecule has 0 aliphatic rings. The van der Waals surface area contributed by atoms with Crippen LogP contribution in [0.4, 0.5) is 5.69 Å². The first-order valence-electron chi connectivity index (χ1n) is 10.9. The Labute approximate surface area is 208 Å². The molecule has 1 unspecified atom stereocenters. The number of anilines is 1. The van der Waals surface area contributed by atoms with Crippen molar-refractivity contribution in [1.82, 2.24) is 14.8 Å². The number of nitrogens with zero attached hydrogens (tertiary/aromatic N) is 3. The molecule has 0 fully saturated rings. The van der Waals surface area contributed by atoms with Gasteiger partial charge in [0.2, 0.25) is 5.91 Å². The number of carbonyl (C=O) groups is 1. The fourth-order valence-corrected chi connectivity index (χ4v) is 4.33. The normalized spacial score (nSPS) is 11.5. The molecule has 4 aromatic rings. The molecular formula is C26H26N4O4S. The Balaban J connectivity index is 1.64. The number of rotatable bonds is 9. The van der Waals surface area contributed by atoms with Gasteiger partial charge in [0.05, 0.1) is 32.3 Å². The molecule has 8 nitrogen and oxygen atoms in total. The van der Waals surface area contributed by atoms with Crippen molar-refractivity contribution in [2.75, 3.05) is 26.6 Å². The summed E-state index contributed by atoms with van der Waals surface area (Å²) in [6.07, 6.45) is 0. The monoisotopic (exact) mass is 490 g/mol. The second kappa shape index (κ2) is 11.0. The van der Waals surface area contributed by atoms with E-state index in [2.05, 4.69) is 15.5 Å². The van der Waals surface area contributed by atoms with E-state index in [9.17, 15) is 4.79 Å². The number of aromatic nitrogens is 3. The summed E-state index contributed by atoms with van der Waals surface area (Å²) in [6, 6.07) is 22.7. The predicted octanol–water partition coefficient (Wildman–Crippen LogP) is 5.08. The lowest BCUT2D eigenvalue weighted by molar-refractivity contribution is -0.115. The fourth-order valence-electron chi connectivity index (χ4n) is 3.46. The minimum Gasteiger partial charge on any atom is -0.497 e. The summed E-state index contributed by atoms with van der Waals surface area (Å²) in [6.45, 7) is 1.82.